The van der Waals surface area contributed by atoms with E-state index in [1.165, 1.54) is 12.8 Å². The van der Waals surface area contributed by atoms with Crippen molar-refractivity contribution in [3.63, 3.8) is 0 Å². The predicted molar refractivity (Wildman–Crippen MR) is 79.8 cm³/mol. The van der Waals surface area contributed by atoms with Gasteiger partial charge in [-0.3, -0.25) is 0 Å². The Hall–Kier alpha value is -0.870. The molecular weight excluding hydrogens is 260 g/mol. The van der Waals surface area contributed by atoms with Crippen molar-refractivity contribution in [2.75, 3.05) is 32.5 Å². The summed E-state index contributed by atoms with van der Waals surface area (Å²) in [5, 5.41) is 3.92. The van der Waals surface area contributed by atoms with Crippen molar-refractivity contribution in [3.8, 4) is 0 Å². The molecule has 0 bridgehead atoms. The van der Waals surface area contributed by atoms with Gasteiger partial charge in [-0.25, -0.2) is 9.97 Å². The summed E-state index contributed by atoms with van der Waals surface area (Å²) in [6.45, 7) is 6.37. The maximum absolute atomic E-state index is 6.06. The summed E-state index contributed by atoms with van der Waals surface area (Å²) >= 11 is 6.06. The number of anilines is 1. The molecule has 0 atom stereocenters. The van der Waals surface area contributed by atoms with Crippen molar-refractivity contribution in [1.29, 1.82) is 0 Å². The van der Waals surface area contributed by atoms with Crippen LogP contribution in [0.25, 0.3) is 0 Å². The number of nitrogens with zero attached hydrogens (tertiary/aromatic N) is 3. The third-order valence-electron chi connectivity index (χ3n) is 3.15. The van der Waals surface area contributed by atoms with Gasteiger partial charge in [0.2, 0.25) is 0 Å². The zero-order chi connectivity index (χ0) is 14.0. The van der Waals surface area contributed by atoms with E-state index in [9.17, 15) is 0 Å². The molecule has 1 aliphatic carbocycles. The smallest absolute Gasteiger partial charge is 0.135 e. The number of aromatic nitrogens is 2. The highest BCUT2D eigenvalue weighted by Crippen LogP contribution is 2.38. The molecule has 0 radical (unpaired) electrons. The van der Waals surface area contributed by atoms with Gasteiger partial charge in [-0.05, 0) is 32.4 Å². The third-order valence-corrected chi connectivity index (χ3v) is 3.34. The first kappa shape index (κ1) is 14.5. The van der Waals surface area contributed by atoms with E-state index >= 15 is 0 Å². The fraction of sp³-hybridized carbons (Fsp3) is 0.714. The summed E-state index contributed by atoms with van der Waals surface area (Å²) in [4.78, 5) is 11.1. The van der Waals surface area contributed by atoms with Crippen LogP contribution in [-0.2, 0) is 0 Å². The first-order valence-corrected chi connectivity index (χ1v) is 7.17. The van der Waals surface area contributed by atoms with Gasteiger partial charge in [0.1, 0.15) is 16.8 Å². The molecule has 4 nitrogen and oxygen atoms in total. The van der Waals surface area contributed by atoms with Gasteiger partial charge in [-0.15, -0.1) is 0 Å². The van der Waals surface area contributed by atoms with E-state index in [1.807, 2.05) is 0 Å². The first-order valence-electron chi connectivity index (χ1n) is 6.79. The van der Waals surface area contributed by atoms with Gasteiger partial charge in [-0.2, -0.15) is 0 Å². The summed E-state index contributed by atoms with van der Waals surface area (Å²) in [7, 11) is 4.18. The lowest BCUT2D eigenvalue weighted by Crippen LogP contribution is -2.34. The Balaban J connectivity index is 1.98. The minimum atomic E-state index is 0.181. The summed E-state index contributed by atoms with van der Waals surface area (Å²) in [6.07, 6.45) is 2.37. The Kier molecular flexibility index (Phi) is 4.31. The lowest BCUT2D eigenvalue weighted by molar-refractivity contribution is 0.254. The third kappa shape index (κ3) is 4.62. The number of hydrogen-bond acceptors (Lipinski definition) is 4. The van der Waals surface area contributed by atoms with Crippen LogP contribution in [0.1, 0.15) is 38.4 Å². The Morgan fingerprint density at radius 3 is 2.63 bits per heavy atom. The van der Waals surface area contributed by atoms with Gasteiger partial charge in [0.15, 0.2) is 0 Å². The first-order chi connectivity index (χ1) is 8.85. The summed E-state index contributed by atoms with van der Waals surface area (Å²) in [6, 6.07) is 1.80. The highest BCUT2D eigenvalue weighted by atomic mass is 35.5. The fourth-order valence-corrected chi connectivity index (χ4v) is 2.48. The molecular formula is C14H23ClN4. The Bertz CT molecular complexity index is 441. The van der Waals surface area contributed by atoms with Crippen LogP contribution < -0.4 is 5.32 Å². The van der Waals surface area contributed by atoms with Crippen LogP contribution in [0.2, 0.25) is 5.15 Å². The number of rotatable bonds is 6. The van der Waals surface area contributed by atoms with Crippen LogP contribution in [0.4, 0.5) is 5.82 Å². The second-order valence-electron chi connectivity index (χ2n) is 6.46. The molecule has 0 spiro atoms. The summed E-state index contributed by atoms with van der Waals surface area (Å²) in [5.74, 6) is 2.25. The Labute approximate surface area is 120 Å². The van der Waals surface area contributed by atoms with Crippen LogP contribution in [0.15, 0.2) is 6.07 Å². The molecule has 1 saturated carbocycles. The van der Waals surface area contributed by atoms with Crippen molar-refractivity contribution < 1.29 is 0 Å². The molecule has 1 N–H and O–H groups in total. The van der Waals surface area contributed by atoms with Crippen molar-refractivity contribution >= 4 is 17.4 Å². The van der Waals surface area contributed by atoms with Gasteiger partial charge in [0, 0.05) is 25.1 Å². The molecule has 1 heterocycles. The van der Waals surface area contributed by atoms with E-state index in [1.54, 1.807) is 6.07 Å². The second kappa shape index (κ2) is 5.63. The maximum atomic E-state index is 6.06. The second-order valence-corrected chi connectivity index (χ2v) is 6.85. The van der Waals surface area contributed by atoms with Gasteiger partial charge in [0.25, 0.3) is 0 Å². The zero-order valence-corrected chi connectivity index (χ0v) is 13.0. The highest BCUT2D eigenvalue weighted by Gasteiger charge is 2.27. The summed E-state index contributed by atoms with van der Waals surface area (Å²) < 4.78 is 0. The van der Waals surface area contributed by atoms with Crippen molar-refractivity contribution in [3.05, 3.63) is 17.0 Å². The zero-order valence-electron chi connectivity index (χ0n) is 12.2. The van der Waals surface area contributed by atoms with Crippen LogP contribution in [0, 0.1) is 5.41 Å². The molecule has 5 heteroatoms. The van der Waals surface area contributed by atoms with E-state index in [2.05, 4.69) is 48.1 Å². The average Bonchev–Trinajstić information content (AvgIpc) is 3.07. The molecule has 0 aliphatic heterocycles. The van der Waals surface area contributed by atoms with Crippen molar-refractivity contribution in [2.45, 2.75) is 32.6 Å². The molecule has 1 aromatic heterocycles. The number of nitrogens with one attached hydrogen (secondary N) is 1. The molecule has 0 saturated heterocycles. The largest absolute Gasteiger partial charge is 0.369 e. The van der Waals surface area contributed by atoms with E-state index < -0.39 is 0 Å². The van der Waals surface area contributed by atoms with E-state index in [-0.39, 0.29) is 5.41 Å². The lowest BCUT2D eigenvalue weighted by Gasteiger charge is -2.28. The van der Waals surface area contributed by atoms with Crippen LogP contribution in [0.3, 0.4) is 0 Å². The molecule has 0 amide bonds. The maximum Gasteiger partial charge on any atom is 0.135 e. The molecule has 1 aromatic rings. The molecule has 19 heavy (non-hydrogen) atoms. The highest BCUT2D eigenvalue weighted by molar-refractivity contribution is 6.29. The minimum Gasteiger partial charge on any atom is -0.369 e. The van der Waals surface area contributed by atoms with E-state index in [0.29, 0.717) is 11.1 Å². The standard InChI is InChI=1S/C14H23ClN4/c1-14(2,9-19(3)4)8-16-12-7-11(15)17-13(18-12)10-5-6-10/h7,10H,5-6,8-9H2,1-4H3,(H,16,17,18). The normalized spacial score (nSPS) is 15.9. The quantitative estimate of drug-likeness (QED) is 0.815. The molecule has 1 fully saturated rings. The Morgan fingerprint density at radius 1 is 1.37 bits per heavy atom. The molecule has 1 aliphatic rings. The van der Waals surface area contributed by atoms with Crippen LogP contribution >= 0.6 is 11.6 Å². The fourth-order valence-electron chi connectivity index (χ4n) is 2.29. The van der Waals surface area contributed by atoms with Crippen LogP contribution in [0.5, 0.6) is 0 Å². The van der Waals surface area contributed by atoms with Crippen LogP contribution in [-0.4, -0.2) is 42.1 Å². The SMILES string of the molecule is CN(C)CC(C)(C)CNc1cc(Cl)nc(C2CC2)n1. The summed E-state index contributed by atoms with van der Waals surface area (Å²) in [5.41, 5.74) is 0.181. The van der Waals surface area contributed by atoms with Gasteiger partial charge < -0.3 is 10.2 Å². The predicted octanol–water partition coefficient (Wildman–Crippen LogP) is 3.01. The van der Waals surface area contributed by atoms with E-state index in [4.69, 9.17) is 11.6 Å². The van der Waals surface area contributed by atoms with Gasteiger partial charge in [-0.1, -0.05) is 25.4 Å². The number of hydrogen-bond donors (Lipinski definition) is 1. The number of halogens is 1. The molecule has 2 rings (SSSR count). The van der Waals surface area contributed by atoms with Crippen molar-refractivity contribution in [2.24, 2.45) is 5.41 Å². The Morgan fingerprint density at radius 2 is 2.05 bits per heavy atom. The molecule has 0 aromatic carbocycles. The van der Waals surface area contributed by atoms with Gasteiger partial charge >= 0.3 is 0 Å². The average molecular weight is 283 g/mol. The lowest BCUT2D eigenvalue weighted by atomic mass is 9.93. The van der Waals surface area contributed by atoms with Crippen molar-refractivity contribution in [1.82, 2.24) is 14.9 Å². The van der Waals surface area contributed by atoms with Gasteiger partial charge in [0.05, 0.1) is 0 Å². The minimum absolute atomic E-state index is 0.181. The monoisotopic (exact) mass is 282 g/mol. The molecule has 106 valence electrons. The molecule has 0 unspecified atom stereocenters. The topological polar surface area (TPSA) is 41.0 Å². The van der Waals surface area contributed by atoms with E-state index in [0.717, 1.165) is 24.7 Å².